The van der Waals surface area contributed by atoms with Gasteiger partial charge in [0.05, 0.1) is 12.3 Å². The maximum absolute atomic E-state index is 12.8. The second kappa shape index (κ2) is 4.41. The van der Waals surface area contributed by atoms with Crippen molar-refractivity contribution in [2.45, 2.75) is 13.5 Å². The van der Waals surface area contributed by atoms with Gasteiger partial charge >= 0.3 is 0 Å². The van der Waals surface area contributed by atoms with Crippen LogP contribution in [0.4, 0.5) is 4.39 Å². The van der Waals surface area contributed by atoms with Crippen molar-refractivity contribution in [3.05, 3.63) is 53.6 Å². The highest BCUT2D eigenvalue weighted by molar-refractivity contribution is 5.65. The standard InChI is InChI=1S/C13H12FNO/c1-9-2-7-12(13(8-16)15-9)10-3-5-11(14)6-4-10/h2-7,16H,8H2,1H3. The van der Waals surface area contributed by atoms with Gasteiger partial charge in [0.2, 0.25) is 0 Å². The van der Waals surface area contributed by atoms with E-state index in [1.807, 2.05) is 19.1 Å². The average Bonchev–Trinajstić information content (AvgIpc) is 2.30. The number of halogens is 1. The molecule has 1 aromatic carbocycles. The first-order chi connectivity index (χ1) is 7.70. The summed E-state index contributed by atoms with van der Waals surface area (Å²) in [5, 5.41) is 9.22. The number of pyridine rings is 1. The molecular weight excluding hydrogens is 205 g/mol. The summed E-state index contributed by atoms with van der Waals surface area (Å²) in [4.78, 5) is 4.25. The van der Waals surface area contributed by atoms with E-state index in [2.05, 4.69) is 4.98 Å². The van der Waals surface area contributed by atoms with Crippen molar-refractivity contribution in [3.8, 4) is 11.1 Å². The molecule has 0 atom stereocenters. The molecule has 0 radical (unpaired) electrons. The first kappa shape index (κ1) is 10.8. The number of aliphatic hydroxyl groups excluding tert-OH is 1. The van der Waals surface area contributed by atoms with E-state index in [9.17, 15) is 9.50 Å². The summed E-state index contributed by atoms with van der Waals surface area (Å²) in [5.74, 6) is -0.269. The fourth-order valence-corrected chi connectivity index (χ4v) is 1.62. The molecule has 2 rings (SSSR count). The summed E-state index contributed by atoms with van der Waals surface area (Å²) in [6.45, 7) is 1.75. The number of hydrogen-bond acceptors (Lipinski definition) is 2. The molecule has 3 heteroatoms. The molecule has 1 aromatic heterocycles. The van der Waals surface area contributed by atoms with E-state index >= 15 is 0 Å². The van der Waals surface area contributed by atoms with Crippen LogP contribution in [0, 0.1) is 12.7 Å². The number of nitrogens with zero attached hydrogens (tertiary/aromatic N) is 1. The molecule has 0 unspecified atom stereocenters. The molecule has 0 aliphatic heterocycles. The largest absolute Gasteiger partial charge is 0.390 e. The lowest BCUT2D eigenvalue weighted by atomic mass is 10.0. The van der Waals surface area contributed by atoms with Crippen LogP contribution < -0.4 is 0 Å². The topological polar surface area (TPSA) is 33.1 Å². The summed E-state index contributed by atoms with van der Waals surface area (Å²) in [6, 6.07) is 9.92. The molecule has 1 heterocycles. The Hall–Kier alpha value is -1.74. The van der Waals surface area contributed by atoms with E-state index < -0.39 is 0 Å². The molecular formula is C13H12FNO. The van der Waals surface area contributed by atoms with Crippen LogP contribution in [0.15, 0.2) is 36.4 Å². The van der Waals surface area contributed by atoms with Gasteiger partial charge in [0, 0.05) is 11.3 Å². The lowest BCUT2D eigenvalue weighted by Gasteiger charge is -2.07. The van der Waals surface area contributed by atoms with Crippen molar-refractivity contribution in [2.24, 2.45) is 0 Å². The first-order valence-corrected chi connectivity index (χ1v) is 5.04. The summed E-state index contributed by atoms with van der Waals surface area (Å²) in [7, 11) is 0. The van der Waals surface area contributed by atoms with Gasteiger partial charge in [-0.05, 0) is 30.7 Å². The quantitative estimate of drug-likeness (QED) is 0.839. The van der Waals surface area contributed by atoms with Gasteiger partial charge in [0.15, 0.2) is 0 Å². The monoisotopic (exact) mass is 217 g/mol. The van der Waals surface area contributed by atoms with Gasteiger partial charge in [0.25, 0.3) is 0 Å². The third kappa shape index (κ3) is 2.09. The Bertz CT molecular complexity index is 494. The minimum atomic E-state index is -0.269. The zero-order valence-electron chi connectivity index (χ0n) is 8.94. The van der Waals surface area contributed by atoms with Gasteiger partial charge in [-0.25, -0.2) is 4.39 Å². The number of hydrogen-bond donors (Lipinski definition) is 1. The summed E-state index contributed by atoms with van der Waals surface area (Å²) in [6.07, 6.45) is 0. The Morgan fingerprint density at radius 3 is 2.44 bits per heavy atom. The van der Waals surface area contributed by atoms with Crippen LogP contribution in [-0.4, -0.2) is 10.1 Å². The molecule has 0 fully saturated rings. The number of aromatic nitrogens is 1. The normalized spacial score (nSPS) is 10.4. The predicted molar refractivity (Wildman–Crippen MR) is 60.3 cm³/mol. The number of rotatable bonds is 2. The highest BCUT2D eigenvalue weighted by Gasteiger charge is 2.06. The Morgan fingerprint density at radius 1 is 1.12 bits per heavy atom. The zero-order valence-corrected chi connectivity index (χ0v) is 8.94. The van der Waals surface area contributed by atoms with Crippen molar-refractivity contribution in [1.82, 2.24) is 4.98 Å². The van der Waals surface area contributed by atoms with Crippen LogP contribution in [-0.2, 0) is 6.61 Å². The van der Waals surface area contributed by atoms with E-state index in [-0.39, 0.29) is 12.4 Å². The second-order valence-corrected chi connectivity index (χ2v) is 3.61. The predicted octanol–water partition coefficient (Wildman–Crippen LogP) is 2.69. The third-order valence-corrected chi connectivity index (χ3v) is 2.42. The number of aryl methyl sites for hydroxylation is 1. The third-order valence-electron chi connectivity index (χ3n) is 2.42. The summed E-state index contributed by atoms with van der Waals surface area (Å²) >= 11 is 0. The van der Waals surface area contributed by atoms with Crippen LogP contribution in [0.1, 0.15) is 11.4 Å². The van der Waals surface area contributed by atoms with Crippen molar-refractivity contribution < 1.29 is 9.50 Å². The van der Waals surface area contributed by atoms with E-state index in [0.717, 1.165) is 16.8 Å². The lowest BCUT2D eigenvalue weighted by Crippen LogP contribution is -1.95. The Labute approximate surface area is 93.4 Å². The van der Waals surface area contributed by atoms with Crippen LogP contribution in [0.3, 0.4) is 0 Å². The van der Waals surface area contributed by atoms with Gasteiger partial charge in [-0.1, -0.05) is 18.2 Å². The summed E-state index contributed by atoms with van der Waals surface area (Å²) in [5.41, 5.74) is 3.17. The molecule has 0 bridgehead atoms. The Morgan fingerprint density at radius 2 is 1.81 bits per heavy atom. The van der Waals surface area contributed by atoms with Crippen LogP contribution in [0.25, 0.3) is 11.1 Å². The van der Waals surface area contributed by atoms with Crippen LogP contribution in [0.5, 0.6) is 0 Å². The molecule has 0 saturated heterocycles. The van der Waals surface area contributed by atoms with E-state index in [1.54, 1.807) is 12.1 Å². The second-order valence-electron chi connectivity index (χ2n) is 3.61. The first-order valence-electron chi connectivity index (χ1n) is 5.04. The molecule has 2 nitrogen and oxygen atoms in total. The minimum absolute atomic E-state index is 0.117. The fourth-order valence-electron chi connectivity index (χ4n) is 1.62. The van der Waals surface area contributed by atoms with Gasteiger partial charge < -0.3 is 5.11 Å². The van der Waals surface area contributed by atoms with E-state index in [1.165, 1.54) is 12.1 Å². The SMILES string of the molecule is Cc1ccc(-c2ccc(F)cc2)c(CO)n1. The Balaban J connectivity index is 2.51. The van der Waals surface area contributed by atoms with Crippen molar-refractivity contribution in [2.75, 3.05) is 0 Å². The molecule has 0 spiro atoms. The molecule has 0 saturated carbocycles. The molecule has 0 amide bonds. The van der Waals surface area contributed by atoms with Crippen LogP contribution >= 0.6 is 0 Å². The zero-order chi connectivity index (χ0) is 11.5. The maximum atomic E-state index is 12.8. The summed E-state index contributed by atoms with van der Waals surface area (Å²) < 4.78 is 12.8. The molecule has 1 N–H and O–H groups in total. The van der Waals surface area contributed by atoms with Gasteiger partial charge in [0.1, 0.15) is 5.82 Å². The molecule has 16 heavy (non-hydrogen) atoms. The smallest absolute Gasteiger partial charge is 0.123 e. The molecule has 2 aromatic rings. The van der Waals surface area contributed by atoms with Gasteiger partial charge in [-0.2, -0.15) is 0 Å². The van der Waals surface area contributed by atoms with E-state index in [0.29, 0.717) is 5.69 Å². The highest BCUT2D eigenvalue weighted by Crippen LogP contribution is 2.23. The van der Waals surface area contributed by atoms with Crippen molar-refractivity contribution >= 4 is 0 Å². The fraction of sp³-hybridized carbons (Fsp3) is 0.154. The van der Waals surface area contributed by atoms with Crippen molar-refractivity contribution in [3.63, 3.8) is 0 Å². The van der Waals surface area contributed by atoms with Gasteiger partial charge in [-0.3, -0.25) is 4.98 Å². The Kier molecular flexibility index (Phi) is 2.97. The van der Waals surface area contributed by atoms with E-state index in [4.69, 9.17) is 0 Å². The minimum Gasteiger partial charge on any atom is -0.390 e. The number of benzene rings is 1. The highest BCUT2D eigenvalue weighted by atomic mass is 19.1. The average molecular weight is 217 g/mol. The maximum Gasteiger partial charge on any atom is 0.123 e. The molecule has 82 valence electrons. The molecule has 0 aliphatic rings. The van der Waals surface area contributed by atoms with Crippen LogP contribution in [0.2, 0.25) is 0 Å². The van der Waals surface area contributed by atoms with Gasteiger partial charge in [-0.15, -0.1) is 0 Å². The lowest BCUT2D eigenvalue weighted by molar-refractivity contribution is 0.277. The molecule has 0 aliphatic carbocycles. The number of aliphatic hydroxyl groups is 1. The van der Waals surface area contributed by atoms with Crippen molar-refractivity contribution in [1.29, 1.82) is 0 Å².